The van der Waals surface area contributed by atoms with Crippen LogP contribution in [0.5, 0.6) is 5.75 Å². The highest BCUT2D eigenvalue weighted by atomic mass is 16.5. The maximum atomic E-state index is 6.12. The fraction of sp³-hybridized carbons (Fsp3) is 0.657. The molecular formula is C35H56O2. The van der Waals surface area contributed by atoms with E-state index >= 15 is 0 Å². The fourth-order valence-electron chi connectivity index (χ4n) is 4.89. The van der Waals surface area contributed by atoms with Crippen LogP contribution < -0.4 is 4.74 Å². The summed E-state index contributed by atoms with van der Waals surface area (Å²) in [7, 11) is 0. The molecule has 0 fully saturated rings. The van der Waals surface area contributed by atoms with Gasteiger partial charge in [0.2, 0.25) is 0 Å². The first-order chi connectivity index (χ1) is 18.2. The molecule has 2 aromatic carbocycles. The summed E-state index contributed by atoms with van der Waals surface area (Å²) in [6.07, 6.45) is 22.9. The Balaban J connectivity index is 1.59. The molecule has 0 saturated carbocycles. The van der Waals surface area contributed by atoms with Crippen molar-refractivity contribution in [2.24, 2.45) is 0 Å². The molecule has 0 aliphatic heterocycles. The molecule has 0 radical (unpaired) electrons. The normalized spacial score (nSPS) is 12.1. The molecule has 0 saturated heterocycles. The van der Waals surface area contributed by atoms with Crippen molar-refractivity contribution in [3.63, 3.8) is 0 Å². The molecule has 0 aromatic heterocycles. The van der Waals surface area contributed by atoms with Crippen LogP contribution in [0.15, 0.2) is 48.5 Å². The van der Waals surface area contributed by atoms with E-state index in [4.69, 9.17) is 9.47 Å². The molecule has 0 aliphatic rings. The Morgan fingerprint density at radius 3 is 1.38 bits per heavy atom. The van der Waals surface area contributed by atoms with Crippen molar-refractivity contribution in [3.8, 4) is 16.9 Å². The molecule has 1 atom stereocenters. The number of hydrogen-bond acceptors (Lipinski definition) is 2. The van der Waals surface area contributed by atoms with E-state index in [1.165, 1.54) is 119 Å². The summed E-state index contributed by atoms with van der Waals surface area (Å²) in [6, 6.07) is 17.4. The predicted octanol–water partition coefficient (Wildman–Crippen LogP) is 11.5. The molecule has 0 N–H and O–H groups in total. The van der Waals surface area contributed by atoms with Crippen molar-refractivity contribution in [2.45, 2.75) is 136 Å². The van der Waals surface area contributed by atoms with Crippen LogP contribution >= 0.6 is 0 Å². The van der Waals surface area contributed by atoms with Crippen molar-refractivity contribution in [1.82, 2.24) is 0 Å². The van der Waals surface area contributed by atoms with Gasteiger partial charge >= 0.3 is 0 Å². The first kappa shape index (κ1) is 31.4. The van der Waals surface area contributed by atoms with Crippen LogP contribution in [0.1, 0.15) is 142 Å². The van der Waals surface area contributed by atoms with Gasteiger partial charge in [-0.2, -0.15) is 0 Å². The Hall–Kier alpha value is -1.80. The zero-order valence-corrected chi connectivity index (χ0v) is 24.4. The molecule has 0 heterocycles. The van der Waals surface area contributed by atoms with Gasteiger partial charge in [0.05, 0.1) is 12.7 Å². The molecule has 2 nitrogen and oxygen atoms in total. The van der Waals surface area contributed by atoms with Crippen molar-refractivity contribution < 1.29 is 9.47 Å². The molecule has 2 rings (SSSR count). The highest BCUT2D eigenvalue weighted by molar-refractivity contribution is 5.64. The third-order valence-electron chi connectivity index (χ3n) is 7.45. The zero-order valence-electron chi connectivity index (χ0n) is 24.4. The summed E-state index contributed by atoms with van der Waals surface area (Å²) >= 11 is 0. The van der Waals surface area contributed by atoms with E-state index in [-0.39, 0.29) is 6.10 Å². The lowest BCUT2D eigenvalue weighted by atomic mass is 10.0. The maximum absolute atomic E-state index is 6.12. The van der Waals surface area contributed by atoms with Crippen LogP contribution in [0, 0.1) is 0 Å². The van der Waals surface area contributed by atoms with Crippen molar-refractivity contribution in [1.29, 1.82) is 0 Å². The van der Waals surface area contributed by atoms with Crippen LogP contribution in [-0.4, -0.2) is 13.2 Å². The van der Waals surface area contributed by atoms with Crippen molar-refractivity contribution in [3.05, 3.63) is 54.1 Å². The number of unbranched alkanes of at least 4 members (excludes halogenated alkanes) is 15. The Bertz CT molecular complexity index is 765. The van der Waals surface area contributed by atoms with E-state index in [0.717, 1.165) is 25.4 Å². The third kappa shape index (κ3) is 14.6. The van der Waals surface area contributed by atoms with Crippen LogP contribution in [0.2, 0.25) is 0 Å². The topological polar surface area (TPSA) is 18.5 Å². The van der Waals surface area contributed by atoms with Crippen LogP contribution in [0.25, 0.3) is 11.1 Å². The van der Waals surface area contributed by atoms with Crippen LogP contribution in [-0.2, 0) is 4.74 Å². The van der Waals surface area contributed by atoms with Crippen LogP contribution in [0.4, 0.5) is 0 Å². The molecule has 2 heteroatoms. The van der Waals surface area contributed by atoms with Gasteiger partial charge in [-0.25, -0.2) is 0 Å². The van der Waals surface area contributed by atoms with Gasteiger partial charge in [0.1, 0.15) is 5.75 Å². The summed E-state index contributed by atoms with van der Waals surface area (Å²) in [5.74, 6) is 0.974. The van der Waals surface area contributed by atoms with Gasteiger partial charge in [-0.1, -0.05) is 147 Å². The third-order valence-corrected chi connectivity index (χ3v) is 7.45. The second kappa shape index (κ2) is 21.2. The second-order valence-electron chi connectivity index (χ2n) is 10.8. The molecule has 208 valence electrons. The lowest BCUT2D eigenvalue weighted by molar-refractivity contribution is 0.0627. The van der Waals surface area contributed by atoms with E-state index < -0.39 is 0 Å². The monoisotopic (exact) mass is 508 g/mol. The molecule has 1 unspecified atom stereocenters. The molecule has 0 aliphatic carbocycles. The lowest BCUT2D eigenvalue weighted by Crippen LogP contribution is -2.01. The van der Waals surface area contributed by atoms with Crippen LogP contribution in [0.3, 0.4) is 0 Å². The number of hydrogen-bond donors (Lipinski definition) is 0. The number of ether oxygens (including phenoxy) is 2. The smallest absolute Gasteiger partial charge is 0.119 e. The Morgan fingerprint density at radius 2 is 0.892 bits per heavy atom. The predicted molar refractivity (Wildman–Crippen MR) is 162 cm³/mol. The highest BCUT2D eigenvalue weighted by Crippen LogP contribution is 2.26. The number of rotatable bonds is 23. The van der Waals surface area contributed by atoms with E-state index in [1.54, 1.807) is 0 Å². The van der Waals surface area contributed by atoms with Gasteiger partial charge in [-0.3, -0.25) is 0 Å². The average Bonchev–Trinajstić information content (AvgIpc) is 2.93. The minimum atomic E-state index is 0.148. The first-order valence-electron chi connectivity index (χ1n) is 15.7. The van der Waals surface area contributed by atoms with E-state index in [1.807, 2.05) is 0 Å². The van der Waals surface area contributed by atoms with Gasteiger partial charge in [0.15, 0.2) is 0 Å². The molecule has 0 amide bonds. The summed E-state index contributed by atoms with van der Waals surface area (Å²) in [5, 5.41) is 0. The van der Waals surface area contributed by atoms with Gasteiger partial charge in [0.25, 0.3) is 0 Å². The average molecular weight is 509 g/mol. The summed E-state index contributed by atoms with van der Waals surface area (Å²) < 4.78 is 12.1. The van der Waals surface area contributed by atoms with Gasteiger partial charge in [-0.05, 0) is 48.6 Å². The second-order valence-corrected chi connectivity index (χ2v) is 10.8. The summed E-state index contributed by atoms with van der Waals surface area (Å²) in [4.78, 5) is 0. The summed E-state index contributed by atoms with van der Waals surface area (Å²) in [6.45, 7) is 8.40. The Morgan fingerprint density at radius 1 is 0.486 bits per heavy atom. The van der Waals surface area contributed by atoms with E-state index in [0.29, 0.717) is 0 Å². The Labute approximate surface area is 229 Å². The van der Waals surface area contributed by atoms with Gasteiger partial charge in [-0.15, -0.1) is 0 Å². The molecular weight excluding hydrogens is 452 g/mol. The van der Waals surface area contributed by atoms with E-state index in [2.05, 4.69) is 69.3 Å². The molecule has 0 bridgehead atoms. The molecule has 0 spiro atoms. The van der Waals surface area contributed by atoms with E-state index in [9.17, 15) is 0 Å². The van der Waals surface area contributed by atoms with Crippen molar-refractivity contribution >= 4 is 0 Å². The quantitative estimate of drug-likeness (QED) is 0.139. The number of benzene rings is 2. The standard InChI is InChI=1S/C35H56O2/c1-4-6-8-10-12-14-16-17-19-29-36-31(3)32-21-23-33(24-22-32)34-25-27-35(28-26-34)37-30-20-18-15-13-11-9-7-5-2/h21-28,31H,4-20,29-30H2,1-3H3. The van der Waals surface area contributed by atoms with Crippen molar-refractivity contribution in [2.75, 3.05) is 13.2 Å². The van der Waals surface area contributed by atoms with Gasteiger partial charge < -0.3 is 9.47 Å². The zero-order chi connectivity index (χ0) is 26.4. The maximum Gasteiger partial charge on any atom is 0.119 e. The molecule has 2 aromatic rings. The Kier molecular flexibility index (Phi) is 18.0. The highest BCUT2D eigenvalue weighted by Gasteiger charge is 2.07. The largest absolute Gasteiger partial charge is 0.494 e. The first-order valence-corrected chi connectivity index (χ1v) is 15.7. The summed E-state index contributed by atoms with van der Waals surface area (Å²) in [5.41, 5.74) is 3.73. The lowest BCUT2D eigenvalue weighted by Gasteiger charge is -2.14. The molecule has 37 heavy (non-hydrogen) atoms. The SMILES string of the molecule is CCCCCCCCCCCOC(C)c1ccc(-c2ccc(OCCCCCCCCCC)cc2)cc1. The minimum absolute atomic E-state index is 0.148. The fourth-order valence-corrected chi connectivity index (χ4v) is 4.89. The van der Waals surface area contributed by atoms with Gasteiger partial charge in [0, 0.05) is 6.61 Å². The minimum Gasteiger partial charge on any atom is -0.494 e.